The van der Waals surface area contributed by atoms with Crippen molar-refractivity contribution in [3.63, 3.8) is 0 Å². The molecule has 2 N–H and O–H groups in total. The maximum Gasteiger partial charge on any atom is 0.324 e. The Morgan fingerprint density at radius 1 is 1.32 bits per heavy atom. The van der Waals surface area contributed by atoms with E-state index in [0.29, 0.717) is 16.7 Å². The molecule has 150 valence electrons. The van der Waals surface area contributed by atoms with Gasteiger partial charge in [-0.15, -0.1) is 0 Å². The second-order valence-electron chi connectivity index (χ2n) is 7.03. The van der Waals surface area contributed by atoms with Gasteiger partial charge >= 0.3 is 5.92 Å². The van der Waals surface area contributed by atoms with Crippen LogP contribution in [-0.4, -0.2) is 40.5 Å². The molecule has 0 bridgehead atoms. The minimum absolute atomic E-state index is 0.0853. The van der Waals surface area contributed by atoms with Crippen LogP contribution in [0.15, 0.2) is 18.2 Å². The molecule has 0 aromatic heterocycles. The van der Waals surface area contributed by atoms with E-state index in [-0.39, 0.29) is 44.2 Å². The van der Waals surface area contributed by atoms with Gasteiger partial charge in [0.1, 0.15) is 6.04 Å². The van der Waals surface area contributed by atoms with E-state index in [1.165, 1.54) is 4.90 Å². The summed E-state index contributed by atoms with van der Waals surface area (Å²) in [5, 5.41) is 4.46. The zero-order valence-corrected chi connectivity index (χ0v) is 15.4. The molecule has 0 spiro atoms. The normalized spacial score (nSPS) is 19.5. The maximum atomic E-state index is 13.6. The molecule has 1 aromatic rings. The lowest BCUT2D eigenvalue weighted by Gasteiger charge is -2.29. The van der Waals surface area contributed by atoms with Crippen molar-refractivity contribution in [2.75, 3.05) is 0 Å². The average Bonchev–Trinajstić information content (AvgIpc) is 2.95. The number of alkyl halides is 2. The highest BCUT2D eigenvalue weighted by molar-refractivity contribution is 6.05. The van der Waals surface area contributed by atoms with Gasteiger partial charge in [0.15, 0.2) is 0 Å². The number of halogens is 2. The van der Waals surface area contributed by atoms with Crippen molar-refractivity contribution in [1.29, 1.82) is 0 Å². The van der Waals surface area contributed by atoms with Gasteiger partial charge in [-0.3, -0.25) is 24.5 Å². The maximum absolute atomic E-state index is 13.6. The van der Waals surface area contributed by atoms with Gasteiger partial charge in [-0.2, -0.15) is 8.78 Å². The van der Waals surface area contributed by atoms with Gasteiger partial charge < -0.3 is 10.2 Å². The van der Waals surface area contributed by atoms with Crippen molar-refractivity contribution in [2.45, 2.75) is 57.7 Å². The number of carbonyl (C=O) groups excluding carboxylic acids is 4. The van der Waals surface area contributed by atoms with E-state index in [1.807, 2.05) is 0 Å². The monoisotopic (exact) mass is 393 g/mol. The molecular formula is C19H21F2N3O4. The van der Waals surface area contributed by atoms with E-state index in [1.54, 1.807) is 25.1 Å². The third-order valence-electron chi connectivity index (χ3n) is 4.94. The van der Waals surface area contributed by atoms with E-state index < -0.39 is 30.2 Å². The highest BCUT2D eigenvalue weighted by atomic mass is 19.3. The number of hydrogen-bond acceptors (Lipinski definition) is 4. The van der Waals surface area contributed by atoms with Crippen molar-refractivity contribution >= 4 is 23.6 Å². The molecule has 2 aliphatic heterocycles. The lowest BCUT2D eigenvalue weighted by atomic mass is 10.0. The summed E-state index contributed by atoms with van der Waals surface area (Å²) in [7, 11) is 0. The summed E-state index contributed by atoms with van der Waals surface area (Å²) in [6.07, 6.45) is 0.107. The summed E-state index contributed by atoms with van der Waals surface area (Å²) < 4.78 is 27.2. The smallest absolute Gasteiger partial charge is 0.324 e. The Hall–Kier alpha value is -2.84. The van der Waals surface area contributed by atoms with Gasteiger partial charge in [0.25, 0.3) is 11.8 Å². The Morgan fingerprint density at radius 2 is 2.07 bits per heavy atom. The lowest BCUT2D eigenvalue weighted by molar-refractivity contribution is -0.146. The fourth-order valence-electron chi connectivity index (χ4n) is 3.48. The number of imide groups is 1. The number of hydrogen-bond donors (Lipinski definition) is 2. The number of fused-ring (bicyclic) bond motifs is 1. The Balaban J connectivity index is 1.67. The van der Waals surface area contributed by atoms with E-state index in [4.69, 9.17) is 0 Å². The number of carbonyl (C=O) groups is 4. The molecule has 0 radical (unpaired) electrons. The first-order valence-electron chi connectivity index (χ1n) is 9.15. The zero-order valence-electron chi connectivity index (χ0n) is 15.4. The predicted octanol–water partition coefficient (Wildman–Crippen LogP) is 1.50. The number of nitrogens with zero attached hydrogens (tertiary/aromatic N) is 1. The molecule has 1 aromatic carbocycles. The summed E-state index contributed by atoms with van der Waals surface area (Å²) in [6.45, 7) is 1.68. The highest BCUT2D eigenvalue weighted by Crippen LogP contribution is 2.28. The lowest BCUT2D eigenvalue weighted by Crippen LogP contribution is -2.52. The van der Waals surface area contributed by atoms with Crippen LogP contribution in [0.1, 0.15) is 54.1 Å². The SMILES string of the molecule is CCCC(F)(F)C(=O)NCc1ccc2c(c1)CN(C1CCC(=O)NC1=O)C2=O. The summed E-state index contributed by atoms with van der Waals surface area (Å²) in [4.78, 5) is 49.0. The minimum atomic E-state index is -3.41. The number of rotatable bonds is 6. The van der Waals surface area contributed by atoms with Gasteiger partial charge in [-0.25, -0.2) is 0 Å². The number of benzene rings is 1. The van der Waals surface area contributed by atoms with E-state index in [9.17, 15) is 28.0 Å². The first kappa shape index (κ1) is 19.9. The van der Waals surface area contributed by atoms with Crippen LogP contribution >= 0.6 is 0 Å². The molecule has 0 saturated carbocycles. The Morgan fingerprint density at radius 3 is 2.75 bits per heavy atom. The molecule has 1 unspecified atom stereocenters. The third-order valence-corrected chi connectivity index (χ3v) is 4.94. The second-order valence-corrected chi connectivity index (χ2v) is 7.03. The molecule has 4 amide bonds. The van der Waals surface area contributed by atoms with Gasteiger partial charge in [0.2, 0.25) is 11.8 Å². The molecule has 0 aliphatic carbocycles. The van der Waals surface area contributed by atoms with E-state index in [2.05, 4.69) is 10.6 Å². The molecule has 28 heavy (non-hydrogen) atoms. The standard InChI is InChI=1S/C19H21F2N3O4/c1-2-7-19(20,21)18(28)22-9-11-3-4-13-12(8-11)10-24(17(13)27)14-5-6-15(25)23-16(14)26/h3-4,8,14H,2,5-7,9-10H2,1H3,(H,22,28)(H,23,25,26). The van der Waals surface area contributed by atoms with Crippen LogP contribution in [0.25, 0.3) is 0 Å². The Labute approximate surface area is 160 Å². The first-order valence-corrected chi connectivity index (χ1v) is 9.15. The Bertz CT molecular complexity index is 840. The van der Waals surface area contributed by atoms with Crippen LogP contribution in [0, 0.1) is 0 Å². The molecule has 1 saturated heterocycles. The van der Waals surface area contributed by atoms with E-state index >= 15 is 0 Å². The molecule has 2 aliphatic rings. The van der Waals surface area contributed by atoms with Crippen LogP contribution in [-0.2, 0) is 27.5 Å². The summed E-state index contributed by atoms with van der Waals surface area (Å²) in [5.74, 6) is -5.90. The molecule has 7 nitrogen and oxygen atoms in total. The van der Waals surface area contributed by atoms with Crippen molar-refractivity contribution in [3.05, 3.63) is 34.9 Å². The van der Waals surface area contributed by atoms with Gasteiger partial charge in [-0.1, -0.05) is 19.1 Å². The van der Waals surface area contributed by atoms with Crippen molar-refractivity contribution in [3.8, 4) is 0 Å². The van der Waals surface area contributed by atoms with Crippen LogP contribution in [0.5, 0.6) is 0 Å². The number of piperidine rings is 1. The van der Waals surface area contributed by atoms with Gasteiger partial charge in [0, 0.05) is 31.5 Å². The van der Waals surface area contributed by atoms with Crippen molar-refractivity contribution in [2.24, 2.45) is 0 Å². The third kappa shape index (κ3) is 3.88. The topological polar surface area (TPSA) is 95.6 Å². The van der Waals surface area contributed by atoms with Gasteiger partial charge in [0.05, 0.1) is 0 Å². The second kappa shape index (κ2) is 7.65. The summed E-state index contributed by atoms with van der Waals surface area (Å²) >= 11 is 0. The van der Waals surface area contributed by atoms with Crippen LogP contribution in [0.4, 0.5) is 8.78 Å². The molecular weight excluding hydrogens is 372 g/mol. The molecule has 1 atom stereocenters. The van der Waals surface area contributed by atoms with Crippen LogP contribution in [0.3, 0.4) is 0 Å². The zero-order chi connectivity index (χ0) is 20.5. The fraction of sp³-hybridized carbons (Fsp3) is 0.474. The fourth-order valence-corrected chi connectivity index (χ4v) is 3.48. The number of amides is 4. The summed E-state index contributed by atoms with van der Waals surface area (Å²) in [5.41, 5.74) is 1.66. The molecule has 1 fully saturated rings. The van der Waals surface area contributed by atoms with Crippen LogP contribution in [0.2, 0.25) is 0 Å². The average molecular weight is 393 g/mol. The van der Waals surface area contributed by atoms with Crippen LogP contribution < -0.4 is 10.6 Å². The summed E-state index contributed by atoms with van der Waals surface area (Å²) in [6, 6.07) is 4.10. The van der Waals surface area contributed by atoms with Crippen molar-refractivity contribution < 1.29 is 28.0 Å². The van der Waals surface area contributed by atoms with Gasteiger partial charge in [-0.05, 0) is 30.0 Å². The Kier molecular flexibility index (Phi) is 5.44. The highest BCUT2D eigenvalue weighted by Gasteiger charge is 2.39. The molecule has 9 heteroatoms. The van der Waals surface area contributed by atoms with Crippen molar-refractivity contribution in [1.82, 2.24) is 15.5 Å². The largest absolute Gasteiger partial charge is 0.347 e. The quantitative estimate of drug-likeness (QED) is 0.716. The minimum Gasteiger partial charge on any atom is -0.347 e. The predicted molar refractivity (Wildman–Crippen MR) is 94.2 cm³/mol. The number of nitrogens with one attached hydrogen (secondary N) is 2. The van der Waals surface area contributed by atoms with E-state index in [0.717, 1.165) is 0 Å². The first-order chi connectivity index (χ1) is 13.2. The molecule has 2 heterocycles. The molecule has 3 rings (SSSR count).